The minimum Gasteiger partial charge on any atom is -0.462 e. The smallest absolute Gasteiger partial charge is 0.247 e. The monoisotopic (exact) mass is 352 g/mol. The first-order valence-corrected chi connectivity index (χ1v) is 8.30. The summed E-state index contributed by atoms with van der Waals surface area (Å²) in [6, 6.07) is 10.8. The van der Waals surface area contributed by atoms with Crippen LogP contribution >= 0.6 is 11.3 Å². The molecule has 3 aromatic heterocycles. The summed E-state index contributed by atoms with van der Waals surface area (Å²) in [6.45, 7) is 0. The molecule has 0 bridgehead atoms. The quantitative estimate of drug-likeness (QED) is 0.589. The number of carbonyl (C=O) groups excluding carboxylic acids is 1. The van der Waals surface area contributed by atoms with Crippen molar-refractivity contribution in [3.63, 3.8) is 0 Å². The fourth-order valence-corrected chi connectivity index (χ4v) is 3.05. The van der Waals surface area contributed by atoms with E-state index >= 15 is 0 Å². The number of hydrogen-bond donors (Lipinski definition) is 1. The minimum absolute atomic E-state index is 0.137. The van der Waals surface area contributed by atoms with E-state index in [9.17, 15) is 4.79 Å². The molecule has 0 spiro atoms. The standard InChI is InChI=1S/C17H12N4O3S/c22-15(8-13-9-25-17(20-13)14-2-1-7-23-14)19-12-5-3-11(4-6-12)16-21-18-10-24-16/h1-7,9-10H,8H2,(H,19,22). The molecule has 1 N–H and O–H groups in total. The van der Waals surface area contributed by atoms with E-state index in [0.29, 0.717) is 23.0 Å². The predicted molar refractivity (Wildman–Crippen MR) is 91.9 cm³/mol. The van der Waals surface area contributed by atoms with Crippen molar-refractivity contribution in [1.29, 1.82) is 0 Å². The fourth-order valence-electron chi connectivity index (χ4n) is 2.27. The molecule has 0 saturated heterocycles. The average Bonchev–Trinajstić information content (AvgIpc) is 3.37. The highest BCUT2D eigenvalue weighted by Crippen LogP contribution is 2.24. The van der Waals surface area contributed by atoms with E-state index < -0.39 is 0 Å². The van der Waals surface area contributed by atoms with Crippen molar-refractivity contribution in [1.82, 2.24) is 15.2 Å². The number of nitrogens with zero attached hydrogens (tertiary/aromatic N) is 3. The number of hydrogen-bond acceptors (Lipinski definition) is 7. The molecule has 1 aromatic carbocycles. The molecule has 1 amide bonds. The molecule has 0 atom stereocenters. The highest BCUT2D eigenvalue weighted by Gasteiger charge is 2.11. The van der Waals surface area contributed by atoms with Crippen molar-refractivity contribution in [2.75, 3.05) is 5.32 Å². The van der Waals surface area contributed by atoms with E-state index in [-0.39, 0.29) is 12.3 Å². The molecule has 25 heavy (non-hydrogen) atoms. The maximum Gasteiger partial charge on any atom is 0.247 e. The normalized spacial score (nSPS) is 10.7. The van der Waals surface area contributed by atoms with Crippen LogP contribution in [0.4, 0.5) is 5.69 Å². The zero-order valence-corrected chi connectivity index (χ0v) is 13.7. The van der Waals surface area contributed by atoms with Crippen LogP contribution in [0, 0.1) is 0 Å². The lowest BCUT2D eigenvalue weighted by Gasteiger charge is -2.04. The molecule has 0 unspecified atom stereocenters. The topological polar surface area (TPSA) is 94.1 Å². The van der Waals surface area contributed by atoms with Crippen LogP contribution in [-0.4, -0.2) is 21.1 Å². The summed E-state index contributed by atoms with van der Waals surface area (Å²) in [6.07, 6.45) is 3.07. The maximum absolute atomic E-state index is 12.2. The third-order valence-corrected chi connectivity index (χ3v) is 4.31. The van der Waals surface area contributed by atoms with Gasteiger partial charge in [0.15, 0.2) is 10.8 Å². The van der Waals surface area contributed by atoms with Gasteiger partial charge in [-0.3, -0.25) is 4.79 Å². The van der Waals surface area contributed by atoms with Gasteiger partial charge >= 0.3 is 0 Å². The number of carbonyl (C=O) groups is 1. The SMILES string of the molecule is O=C(Cc1csc(-c2ccco2)n1)Nc1ccc(-c2nnco2)cc1. The van der Waals surface area contributed by atoms with E-state index in [1.807, 2.05) is 11.4 Å². The predicted octanol–water partition coefficient (Wildman–Crippen LogP) is 3.63. The van der Waals surface area contributed by atoms with E-state index in [4.69, 9.17) is 8.83 Å². The summed E-state index contributed by atoms with van der Waals surface area (Å²) in [5, 5.41) is 12.9. The van der Waals surface area contributed by atoms with Crippen LogP contribution in [0.1, 0.15) is 5.69 Å². The first-order chi connectivity index (χ1) is 12.3. The molecule has 4 rings (SSSR count). The number of aromatic nitrogens is 3. The van der Waals surface area contributed by atoms with Gasteiger partial charge in [-0.15, -0.1) is 21.5 Å². The van der Waals surface area contributed by atoms with Crippen LogP contribution in [-0.2, 0) is 11.2 Å². The number of amides is 1. The van der Waals surface area contributed by atoms with E-state index in [1.54, 1.807) is 36.6 Å². The molecule has 0 aliphatic carbocycles. The van der Waals surface area contributed by atoms with Crippen molar-refractivity contribution in [2.24, 2.45) is 0 Å². The molecule has 0 aliphatic rings. The summed E-state index contributed by atoms with van der Waals surface area (Å²) >= 11 is 1.45. The summed E-state index contributed by atoms with van der Waals surface area (Å²) in [4.78, 5) is 16.6. The minimum atomic E-state index is -0.137. The highest BCUT2D eigenvalue weighted by atomic mass is 32.1. The third kappa shape index (κ3) is 3.48. The van der Waals surface area contributed by atoms with Crippen LogP contribution in [0.25, 0.3) is 22.2 Å². The lowest BCUT2D eigenvalue weighted by atomic mass is 10.2. The Morgan fingerprint density at radius 1 is 1.16 bits per heavy atom. The molecule has 3 heterocycles. The second-order valence-electron chi connectivity index (χ2n) is 5.17. The van der Waals surface area contributed by atoms with Gasteiger partial charge in [0.05, 0.1) is 18.4 Å². The van der Waals surface area contributed by atoms with E-state index in [0.717, 1.165) is 10.6 Å². The zero-order valence-electron chi connectivity index (χ0n) is 12.9. The lowest BCUT2D eigenvalue weighted by molar-refractivity contribution is -0.115. The van der Waals surface area contributed by atoms with Crippen molar-refractivity contribution in [2.45, 2.75) is 6.42 Å². The van der Waals surface area contributed by atoms with Gasteiger partial charge in [0.2, 0.25) is 18.2 Å². The molecular formula is C17H12N4O3S. The van der Waals surface area contributed by atoms with Gasteiger partial charge in [0, 0.05) is 16.6 Å². The van der Waals surface area contributed by atoms with Crippen molar-refractivity contribution >= 4 is 22.9 Å². The first kappa shape index (κ1) is 15.3. The summed E-state index contributed by atoms with van der Waals surface area (Å²) in [5.41, 5.74) is 2.18. The second kappa shape index (κ2) is 6.70. The van der Waals surface area contributed by atoms with E-state index in [2.05, 4.69) is 20.5 Å². The molecule has 0 aliphatic heterocycles. The van der Waals surface area contributed by atoms with Crippen molar-refractivity contribution in [3.05, 3.63) is 60.1 Å². The number of benzene rings is 1. The molecule has 7 nitrogen and oxygen atoms in total. The Morgan fingerprint density at radius 2 is 2.04 bits per heavy atom. The lowest BCUT2D eigenvalue weighted by Crippen LogP contribution is -2.14. The Bertz CT molecular complexity index is 960. The van der Waals surface area contributed by atoms with Crippen LogP contribution in [0.5, 0.6) is 0 Å². The van der Waals surface area contributed by atoms with Gasteiger partial charge in [-0.05, 0) is 36.4 Å². The summed E-state index contributed by atoms with van der Waals surface area (Å²) in [5.74, 6) is 1.00. The number of thiazole rings is 1. The number of nitrogens with one attached hydrogen (secondary N) is 1. The van der Waals surface area contributed by atoms with Crippen molar-refractivity contribution in [3.8, 4) is 22.2 Å². The Balaban J connectivity index is 1.39. The first-order valence-electron chi connectivity index (χ1n) is 7.43. The average molecular weight is 352 g/mol. The Morgan fingerprint density at radius 3 is 2.76 bits per heavy atom. The van der Waals surface area contributed by atoms with Crippen LogP contribution < -0.4 is 5.32 Å². The van der Waals surface area contributed by atoms with Gasteiger partial charge < -0.3 is 14.2 Å². The zero-order chi connectivity index (χ0) is 17.1. The Hall–Kier alpha value is -3.26. The Kier molecular flexibility index (Phi) is 4.09. The third-order valence-electron chi connectivity index (χ3n) is 3.40. The number of anilines is 1. The van der Waals surface area contributed by atoms with Crippen LogP contribution in [0.2, 0.25) is 0 Å². The van der Waals surface area contributed by atoms with Crippen molar-refractivity contribution < 1.29 is 13.6 Å². The van der Waals surface area contributed by atoms with Gasteiger partial charge in [0.1, 0.15) is 0 Å². The van der Waals surface area contributed by atoms with Gasteiger partial charge in [0.25, 0.3) is 0 Å². The number of rotatable bonds is 5. The molecule has 0 fully saturated rings. The maximum atomic E-state index is 12.2. The molecule has 0 radical (unpaired) electrons. The molecule has 8 heteroatoms. The van der Waals surface area contributed by atoms with Crippen LogP contribution in [0.15, 0.2) is 63.3 Å². The summed E-state index contributed by atoms with van der Waals surface area (Å²) < 4.78 is 10.4. The summed E-state index contributed by atoms with van der Waals surface area (Å²) in [7, 11) is 0. The molecule has 124 valence electrons. The number of furan rings is 1. The van der Waals surface area contributed by atoms with Gasteiger partial charge in [-0.25, -0.2) is 4.98 Å². The Labute approximate surface area is 146 Å². The van der Waals surface area contributed by atoms with Gasteiger partial charge in [-0.2, -0.15) is 0 Å². The molecular weight excluding hydrogens is 340 g/mol. The second-order valence-corrected chi connectivity index (χ2v) is 6.03. The largest absolute Gasteiger partial charge is 0.462 e. The fraction of sp³-hybridized carbons (Fsp3) is 0.0588. The van der Waals surface area contributed by atoms with Gasteiger partial charge in [-0.1, -0.05) is 0 Å². The molecule has 0 saturated carbocycles. The molecule has 4 aromatic rings. The highest BCUT2D eigenvalue weighted by molar-refractivity contribution is 7.13. The van der Waals surface area contributed by atoms with E-state index in [1.165, 1.54) is 17.7 Å². The van der Waals surface area contributed by atoms with Crippen LogP contribution in [0.3, 0.4) is 0 Å².